The number of rotatable bonds is 8. The molecule has 2 N–H and O–H groups in total. The molecule has 0 spiro atoms. The van der Waals surface area contributed by atoms with Crippen molar-refractivity contribution in [3.63, 3.8) is 0 Å². The van der Waals surface area contributed by atoms with Gasteiger partial charge in [0.1, 0.15) is 11.8 Å². The maximum absolute atomic E-state index is 13.4. The minimum absolute atomic E-state index is 0.0341. The number of non-ortho nitro benzene ring substituents is 1. The molecule has 13 heteroatoms. The maximum atomic E-state index is 13.4. The van der Waals surface area contributed by atoms with E-state index in [-0.39, 0.29) is 34.6 Å². The predicted octanol–water partition coefficient (Wildman–Crippen LogP) is 0.769. The fraction of sp³-hybridized carbons (Fsp3) is 0.238. The summed E-state index contributed by atoms with van der Waals surface area (Å²) in [6.45, 7) is 7.06. The van der Waals surface area contributed by atoms with Gasteiger partial charge in [-0.1, -0.05) is 24.3 Å². The van der Waals surface area contributed by atoms with E-state index in [9.17, 15) is 29.3 Å². The van der Waals surface area contributed by atoms with Crippen LogP contribution in [-0.2, 0) is 19.2 Å². The van der Waals surface area contributed by atoms with Crippen molar-refractivity contribution in [3.8, 4) is 0 Å². The Morgan fingerprint density at radius 2 is 1.44 bits per heavy atom. The summed E-state index contributed by atoms with van der Waals surface area (Å²) in [5, 5.41) is 15.9. The van der Waals surface area contributed by atoms with Crippen molar-refractivity contribution < 1.29 is 24.1 Å². The number of hydrogen-bond donors (Lipinski definition) is 2. The Hall–Kier alpha value is -3.84. The molecule has 2 heterocycles. The third-order valence-corrected chi connectivity index (χ3v) is 6.03. The van der Waals surface area contributed by atoms with Crippen molar-refractivity contribution in [2.24, 2.45) is 11.8 Å². The highest BCUT2D eigenvalue weighted by atomic mass is 32.1. The van der Waals surface area contributed by atoms with Gasteiger partial charge in [-0.15, -0.1) is 13.2 Å². The molecule has 4 amide bonds. The Balaban J connectivity index is 2.20. The molecule has 2 fully saturated rings. The zero-order valence-electron chi connectivity index (χ0n) is 17.6. The van der Waals surface area contributed by atoms with Gasteiger partial charge in [-0.25, -0.2) is 0 Å². The van der Waals surface area contributed by atoms with Crippen LogP contribution in [0.1, 0.15) is 11.5 Å². The largest absolute Gasteiger partial charge is 0.302 e. The number of nitrogens with zero attached hydrogens (tertiary/aromatic N) is 3. The Morgan fingerprint density at radius 1 is 0.971 bits per heavy atom. The molecule has 0 saturated carbocycles. The topological polar surface area (TPSA) is 142 Å². The monoisotopic (exact) mass is 501 g/mol. The van der Waals surface area contributed by atoms with Gasteiger partial charge in [-0.2, -0.15) is 0 Å². The van der Waals surface area contributed by atoms with Crippen LogP contribution in [-0.4, -0.2) is 61.7 Å². The molecule has 2 aliphatic heterocycles. The van der Waals surface area contributed by atoms with E-state index in [1.54, 1.807) is 0 Å². The lowest BCUT2D eigenvalue weighted by molar-refractivity contribution is -0.384. The van der Waals surface area contributed by atoms with Crippen LogP contribution in [0.25, 0.3) is 0 Å². The van der Waals surface area contributed by atoms with Crippen LogP contribution in [0.15, 0.2) is 49.6 Å². The van der Waals surface area contributed by atoms with Gasteiger partial charge in [-0.3, -0.25) is 39.1 Å². The number of hydrogen-bond acceptors (Lipinski definition) is 8. The second-order valence-electron chi connectivity index (χ2n) is 7.40. The van der Waals surface area contributed by atoms with E-state index >= 15 is 0 Å². The lowest BCUT2D eigenvalue weighted by Gasteiger charge is -2.40. The quantitative estimate of drug-likeness (QED) is 0.175. The Morgan fingerprint density at radius 3 is 1.85 bits per heavy atom. The standard InChI is InChI=1S/C21H19N5O6S2/c1-3-8-24-18(29)14(16(27)22-20(24)33)13(11-6-5-7-12(10-11)26(31)32)15-17(28)23-21(34)25(9-4-2)19(15)30/h3-7,10,13-15H,1-2,8-9H2,(H,22,27,33)(H,23,28,34)/t13?,14-,15+. The molecule has 1 aromatic rings. The summed E-state index contributed by atoms with van der Waals surface area (Å²) >= 11 is 10.2. The van der Waals surface area contributed by atoms with Crippen LogP contribution >= 0.6 is 24.4 Å². The van der Waals surface area contributed by atoms with Gasteiger partial charge in [0.15, 0.2) is 10.2 Å². The summed E-state index contributed by atoms with van der Waals surface area (Å²) in [6, 6.07) is 5.09. The van der Waals surface area contributed by atoms with Crippen molar-refractivity contribution in [1.29, 1.82) is 0 Å². The van der Waals surface area contributed by atoms with Crippen LogP contribution in [0.5, 0.6) is 0 Å². The second kappa shape index (κ2) is 9.97. The van der Waals surface area contributed by atoms with Gasteiger partial charge < -0.3 is 10.6 Å². The summed E-state index contributed by atoms with van der Waals surface area (Å²) in [5.74, 6) is -7.79. The van der Waals surface area contributed by atoms with Gasteiger partial charge in [0, 0.05) is 31.1 Å². The minimum Gasteiger partial charge on any atom is -0.302 e. The molecule has 11 nitrogen and oxygen atoms in total. The summed E-state index contributed by atoms with van der Waals surface area (Å²) in [6.07, 6.45) is 2.79. The number of thiocarbonyl (C=S) groups is 2. The summed E-state index contributed by atoms with van der Waals surface area (Å²) in [5.41, 5.74) is -0.263. The maximum Gasteiger partial charge on any atom is 0.269 e. The lowest BCUT2D eigenvalue weighted by Crippen LogP contribution is -2.64. The second-order valence-corrected chi connectivity index (χ2v) is 8.17. The molecular weight excluding hydrogens is 482 g/mol. The van der Waals surface area contributed by atoms with Gasteiger partial charge in [0.25, 0.3) is 5.69 Å². The summed E-state index contributed by atoms with van der Waals surface area (Å²) in [7, 11) is 0. The predicted molar refractivity (Wildman–Crippen MR) is 128 cm³/mol. The van der Waals surface area contributed by atoms with Gasteiger partial charge in [0.2, 0.25) is 23.6 Å². The van der Waals surface area contributed by atoms with Crippen molar-refractivity contribution in [2.75, 3.05) is 13.1 Å². The number of amides is 4. The molecular formula is C21H19N5O6S2. The molecule has 3 atom stereocenters. The molecule has 1 aromatic carbocycles. The Labute approximate surface area is 204 Å². The highest BCUT2D eigenvalue weighted by Crippen LogP contribution is 2.39. The molecule has 0 aromatic heterocycles. The van der Waals surface area contributed by atoms with Gasteiger partial charge in [-0.05, 0) is 30.0 Å². The van der Waals surface area contributed by atoms with E-state index in [1.807, 2.05) is 0 Å². The van der Waals surface area contributed by atoms with E-state index in [2.05, 4.69) is 23.8 Å². The number of carbonyl (C=O) groups is 4. The third kappa shape index (κ3) is 4.47. The first-order valence-electron chi connectivity index (χ1n) is 9.90. The van der Waals surface area contributed by atoms with Gasteiger partial charge in [0.05, 0.1) is 4.92 Å². The van der Waals surface area contributed by atoms with Crippen molar-refractivity contribution in [3.05, 3.63) is 65.3 Å². The summed E-state index contributed by atoms with van der Waals surface area (Å²) < 4.78 is 0. The van der Waals surface area contributed by atoms with Crippen molar-refractivity contribution in [1.82, 2.24) is 20.4 Å². The molecule has 0 radical (unpaired) electrons. The zero-order valence-corrected chi connectivity index (χ0v) is 19.3. The Kier molecular flexibility index (Phi) is 7.27. The average Bonchev–Trinajstić information content (AvgIpc) is 2.78. The van der Waals surface area contributed by atoms with E-state index in [4.69, 9.17) is 24.4 Å². The number of nitro groups is 1. The fourth-order valence-electron chi connectivity index (χ4n) is 3.92. The highest BCUT2D eigenvalue weighted by molar-refractivity contribution is 7.80. The minimum atomic E-state index is -1.59. The number of nitrogens with one attached hydrogen (secondary N) is 2. The first-order valence-corrected chi connectivity index (χ1v) is 10.7. The van der Waals surface area contributed by atoms with Crippen LogP contribution in [0.2, 0.25) is 0 Å². The van der Waals surface area contributed by atoms with Crippen molar-refractivity contribution >= 4 is 64.0 Å². The molecule has 34 heavy (non-hydrogen) atoms. The number of nitro benzene ring substituents is 1. The van der Waals surface area contributed by atoms with Crippen LogP contribution < -0.4 is 10.6 Å². The molecule has 2 aliphatic rings. The molecule has 0 aliphatic carbocycles. The summed E-state index contributed by atoms with van der Waals surface area (Å²) in [4.78, 5) is 65.7. The highest BCUT2D eigenvalue weighted by Gasteiger charge is 2.53. The van der Waals surface area contributed by atoms with E-state index in [0.29, 0.717) is 0 Å². The van der Waals surface area contributed by atoms with Gasteiger partial charge >= 0.3 is 0 Å². The van der Waals surface area contributed by atoms with E-state index < -0.39 is 46.3 Å². The molecule has 176 valence electrons. The SMILES string of the molecule is C=CCN1C(=O)[C@H](C(c2cccc([N+](=O)[O-])c2)[C@H]2C(=O)NC(=S)N(CC=C)C2=O)C(=O)NC1=S. The smallest absolute Gasteiger partial charge is 0.269 e. The van der Waals surface area contributed by atoms with Crippen LogP contribution in [0.3, 0.4) is 0 Å². The molecule has 1 unspecified atom stereocenters. The lowest BCUT2D eigenvalue weighted by atomic mass is 9.73. The van der Waals surface area contributed by atoms with Crippen LogP contribution in [0, 0.1) is 22.0 Å². The van der Waals surface area contributed by atoms with Crippen LogP contribution in [0.4, 0.5) is 5.69 Å². The zero-order chi connectivity index (χ0) is 25.2. The number of benzene rings is 1. The Bertz CT molecular complexity index is 1090. The normalized spacial score (nSPS) is 21.6. The number of carbonyl (C=O) groups excluding carboxylic acids is 4. The van der Waals surface area contributed by atoms with Crippen molar-refractivity contribution in [2.45, 2.75) is 5.92 Å². The molecule has 0 bridgehead atoms. The van der Waals surface area contributed by atoms with E-state index in [0.717, 1.165) is 15.9 Å². The first kappa shape index (κ1) is 24.8. The fourth-order valence-corrected chi connectivity index (χ4v) is 4.45. The third-order valence-electron chi connectivity index (χ3n) is 5.39. The average molecular weight is 502 g/mol. The molecule has 3 rings (SSSR count). The first-order chi connectivity index (χ1) is 16.1. The molecule has 2 saturated heterocycles. The van der Waals surface area contributed by atoms with E-state index in [1.165, 1.54) is 30.4 Å².